The molecule has 2 nitrogen and oxygen atoms in total. The third-order valence-electron chi connectivity index (χ3n) is 2.37. The minimum absolute atomic E-state index is 0.0214. The summed E-state index contributed by atoms with van der Waals surface area (Å²) in [6.45, 7) is 6.00. The average Bonchev–Trinajstić information content (AvgIpc) is 2.19. The Kier molecular flexibility index (Phi) is 4.47. The number of hydrogen-bond donors (Lipinski definition) is 0. The van der Waals surface area contributed by atoms with Crippen molar-refractivity contribution < 1.29 is 4.79 Å². The highest BCUT2D eigenvalue weighted by atomic mass is 79.9. The fraction of sp³-hybridized carbons (Fsp3) is 0.429. The Morgan fingerprint density at radius 2 is 2.00 bits per heavy atom. The topological polar surface area (TPSA) is 40.9 Å². The first kappa shape index (κ1) is 13.9. The van der Waals surface area contributed by atoms with E-state index in [2.05, 4.69) is 22.0 Å². The monoisotopic (exact) mass is 293 g/mol. The first-order valence-electron chi connectivity index (χ1n) is 5.52. The molecular weight excluding hydrogens is 278 g/mol. The lowest BCUT2D eigenvalue weighted by Gasteiger charge is -2.19. The van der Waals surface area contributed by atoms with Gasteiger partial charge < -0.3 is 0 Å². The molecule has 0 heterocycles. The van der Waals surface area contributed by atoms with E-state index in [1.54, 1.807) is 0 Å². The Morgan fingerprint density at radius 1 is 1.41 bits per heavy atom. The fourth-order valence-electron chi connectivity index (χ4n) is 1.65. The van der Waals surface area contributed by atoms with E-state index in [9.17, 15) is 10.1 Å². The zero-order chi connectivity index (χ0) is 13.1. The molecule has 0 amide bonds. The summed E-state index contributed by atoms with van der Waals surface area (Å²) in [6.07, 6.45) is 0.409. The first-order chi connectivity index (χ1) is 7.85. The third-order valence-corrected chi connectivity index (χ3v) is 3.09. The predicted molar refractivity (Wildman–Crippen MR) is 71.6 cm³/mol. The van der Waals surface area contributed by atoms with Gasteiger partial charge in [-0.1, -0.05) is 54.9 Å². The van der Waals surface area contributed by atoms with Gasteiger partial charge in [-0.25, -0.2) is 0 Å². The van der Waals surface area contributed by atoms with E-state index < -0.39 is 5.92 Å². The molecular formula is C14H16BrNO. The molecule has 0 fully saturated rings. The van der Waals surface area contributed by atoms with Crippen LogP contribution in [0.1, 0.15) is 38.7 Å². The quantitative estimate of drug-likeness (QED) is 0.843. The summed E-state index contributed by atoms with van der Waals surface area (Å²) in [5, 5.41) is 9.18. The SMILES string of the molecule is CC(C)(C)CC(=O)C(C#N)c1ccccc1Br. The zero-order valence-corrected chi connectivity index (χ0v) is 11.9. The number of halogens is 1. The highest BCUT2D eigenvalue weighted by Crippen LogP contribution is 2.29. The lowest BCUT2D eigenvalue weighted by molar-refractivity contribution is -0.121. The summed E-state index contributed by atoms with van der Waals surface area (Å²) >= 11 is 3.38. The molecule has 1 aromatic carbocycles. The van der Waals surface area contributed by atoms with Gasteiger partial charge in [0.15, 0.2) is 5.78 Å². The number of carbonyl (C=O) groups excluding carboxylic acids is 1. The minimum atomic E-state index is -0.676. The number of benzene rings is 1. The maximum atomic E-state index is 12.1. The Morgan fingerprint density at radius 3 is 2.47 bits per heavy atom. The van der Waals surface area contributed by atoms with Crippen LogP contribution in [-0.2, 0) is 4.79 Å². The molecule has 0 bridgehead atoms. The smallest absolute Gasteiger partial charge is 0.155 e. The van der Waals surface area contributed by atoms with Crippen LogP contribution in [0.15, 0.2) is 28.7 Å². The van der Waals surface area contributed by atoms with Gasteiger partial charge >= 0.3 is 0 Å². The van der Waals surface area contributed by atoms with Crippen LogP contribution < -0.4 is 0 Å². The second-order valence-corrected chi connectivity index (χ2v) is 6.14. The van der Waals surface area contributed by atoms with Crippen LogP contribution in [0.4, 0.5) is 0 Å². The van der Waals surface area contributed by atoms with Crippen molar-refractivity contribution in [2.75, 3.05) is 0 Å². The number of ketones is 1. The molecule has 0 aliphatic heterocycles. The highest BCUT2D eigenvalue weighted by molar-refractivity contribution is 9.10. The Bertz CT molecular complexity index is 454. The van der Waals surface area contributed by atoms with E-state index in [0.717, 1.165) is 10.0 Å². The zero-order valence-electron chi connectivity index (χ0n) is 10.3. The lowest BCUT2D eigenvalue weighted by atomic mass is 9.84. The van der Waals surface area contributed by atoms with Gasteiger partial charge in [-0.05, 0) is 17.0 Å². The standard InChI is InChI=1S/C14H16BrNO/c1-14(2,3)8-13(17)11(9-16)10-6-4-5-7-12(10)15/h4-7,11H,8H2,1-3H3. The summed E-state index contributed by atoms with van der Waals surface area (Å²) in [5.74, 6) is -0.698. The second-order valence-electron chi connectivity index (χ2n) is 5.29. The van der Waals surface area contributed by atoms with Gasteiger partial charge in [0.05, 0.1) is 6.07 Å². The summed E-state index contributed by atoms with van der Waals surface area (Å²) in [5.41, 5.74) is 0.664. The van der Waals surface area contributed by atoms with Gasteiger partial charge in [-0.15, -0.1) is 0 Å². The van der Waals surface area contributed by atoms with E-state index in [4.69, 9.17) is 0 Å². The van der Waals surface area contributed by atoms with Crippen LogP contribution in [0.25, 0.3) is 0 Å². The van der Waals surface area contributed by atoms with E-state index in [1.165, 1.54) is 0 Å². The van der Waals surface area contributed by atoms with E-state index in [1.807, 2.05) is 45.0 Å². The summed E-state index contributed by atoms with van der Waals surface area (Å²) in [4.78, 5) is 12.1. The first-order valence-corrected chi connectivity index (χ1v) is 6.31. The maximum absolute atomic E-state index is 12.1. The molecule has 3 heteroatoms. The molecule has 0 aromatic heterocycles. The van der Waals surface area contributed by atoms with Crippen molar-refractivity contribution in [2.45, 2.75) is 33.1 Å². The molecule has 1 unspecified atom stereocenters. The normalized spacial score (nSPS) is 12.9. The number of rotatable bonds is 3. The van der Waals surface area contributed by atoms with Gasteiger partial charge in [0.2, 0.25) is 0 Å². The molecule has 1 aromatic rings. The van der Waals surface area contributed by atoms with Gasteiger partial charge in [-0.3, -0.25) is 4.79 Å². The molecule has 90 valence electrons. The number of carbonyl (C=O) groups is 1. The summed E-state index contributed by atoms with van der Waals surface area (Å²) < 4.78 is 0.814. The second kappa shape index (κ2) is 5.46. The van der Waals surface area contributed by atoms with Crippen LogP contribution in [0, 0.1) is 16.7 Å². The molecule has 0 saturated heterocycles. The molecule has 17 heavy (non-hydrogen) atoms. The van der Waals surface area contributed by atoms with Crippen LogP contribution in [-0.4, -0.2) is 5.78 Å². The predicted octanol–water partition coefficient (Wildman–Crippen LogP) is 4.06. The number of Topliss-reactive ketones (excluding diaryl/α,β-unsaturated/α-hetero) is 1. The molecule has 0 spiro atoms. The summed E-state index contributed by atoms with van der Waals surface area (Å²) in [7, 11) is 0. The van der Waals surface area contributed by atoms with Crippen molar-refractivity contribution in [1.82, 2.24) is 0 Å². The minimum Gasteiger partial charge on any atom is -0.298 e. The average molecular weight is 294 g/mol. The fourth-order valence-corrected chi connectivity index (χ4v) is 2.16. The molecule has 0 aliphatic rings. The van der Waals surface area contributed by atoms with Crippen LogP contribution in [0.3, 0.4) is 0 Å². The maximum Gasteiger partial charge on any atom is 0.155 e. The number of hydrogen-bond acceptors (Lipinski definition) is 2. The molecule has 0 radical (unpaired) electrons. The Hall–Kier alpha value is -1.14. The third kappa shape index (κ3) is 3.98. The number of nitrogens with zero attached hydrogens (tertiary/aromatic N) is 1. The van der Waals surface area contributed by atoms with Gasteiger partial charge in [0.25, 0.3) is 0 Å². The summed E-state index contributed by atoms with van der Waals surface area (Å²) in [6, 6.07) is 9.48. The molecule has 1 atom stereocenters. The lowest BCUT2D eigenvalue weighted by Crippen LogP contribution is -2.19. The molecule has 0 saturated carbocycles. The largest absolute Gasteiger partial charge is 0.298 e. The van der Waals surface area contributed by atoms with Crippen molar-refractivity contribution >= 4 is 21.7 Å². The van der Waals surface area contributed by atoms with Gasteiger partial charge in [0, 0.05) is 10.9 Å². The van der Waals surface area contributed by atoms with E-state index >= 15 is 0 Å². The van der Waals surface area contributed by atoms with E-state index in [0.29, 0.717) is 6.42 Å². The van der Waals surface area contributed by atoms with Crippen LogP contribution in [0.2, 0.25) is 0 Å². The molecule has 1 rings (SSSR count). The van der Waals surface area contributed by atoms with Crippen molar-refractivity contribution in [3.8, 4) is 6.07 Å². The van der Waals surface area contributed by atoms with Gasteiger partial charge in [0.1, 0.15) is 5.92 Å². The molecule has 0 N–H and O–H groups in total. The van der Waals surface area contributed by atoms with Gasteiger partial charge in [-0.2, -0.15) is 5.26 Å². The van der Waals surface area contributed by atoms with Crippen molar-refractivity contribution in [1.29, 1.82) is 5.26 Å². The molecule has 0 aliphatic carbocycles. The Labute approximate surface area is 111 Å². The van der Waals surface area contributed by atoms with Crippen molar-refractivity contribution in [3.63, 3.8) is 0 Å². The highest BCUT2D eigenvalue weighted by Gasteiger charge is 2.26. The van der Waals surface area contributed by atoms with Crippen LogP contribution in [0.5, 0.6) is 0 Å². The number of nitriles is 1. The Balaban J connectivity index is 2.98. The van der Waals surface area contributed by atoms with Crippen molar-refractivity contribution in [2.24, 2.45) is 5.41 Å². The van der Waals surface area contributed by atoms with Crippen LogP contribution >= 0.6 is 15.9 Å². The van der Waals surface area contributed by atoms with Crippen molar-refractivity contribution in [3.05, 3.63) is 34.3 Å². The van der Waals surface area contributed by atoms with E-state index in [-0.39, 0.29) is 11.2 Å².